The molecule has 17 heavy (non-hydrogen) atoms. The molecule has 1 aromatic rings. The molecule has 1 amide bonds. The van der Waals surface area contributed by atoms with Crippen LogP contribution in [0.3, 0.4) is 0 Å². The average Bonchev–Trinajstić information content (AvgIpc) is 2.23. The Kier molecular flexibility index (Phi) is 6.05. The van der Waals surface area contributed by atoms with E-state index in [1.165, 1.54) is 11.1 Å². The summed E-state index contributed by atoms with van der Waals surface area (Å²) in [5, 5.41) is 3.48. The lowest BCUT2D eigenvalue weighted by Gasteiger charge is -2.09. The third kappa shape index (κ3) is 5.73. The van der Waals surface area contributed by atoms with Crippen LogP contribution in [0.5, 0.6) is 5.75 Å². The predicted octanol–water partition coefficient (Wildman–Crippen LogP) is 2.58. The molecule has 0 aromatic heterocycles. The number of carbonyl (C=O) groups excluding carboxylic acids is 1. The number of halogens is 1. The molecule has 0 fully saturated rings. The maximum atomic E-state index is 11.2. The van der Waals surface area contributed by atoms with E-state index in [1.54, 1.807) is 0 Å². The monoisotopic (exact) mass is 299 g/mol. The van der Waals surface area contributed by atoms with E-state index in [0.717, 1.165) is 5.75 Å². The minimum absolute atomic E-state index is 0.0471. The highest BCUT2D eigenvalue weighted by atomic mass is 79.9. The van der Waals surface area contributed by atoms with Crippen LogP contribution in [0.2, 0.25) is 0 Å². The van der Waals surface area contributed by atoms with Gasteiger partial charge in [-0.15, -0.1) is 0 Å². The molecule has 0 bridgehead atoms. The highest BCUT2D eigenvalue weighted by Gasteiger charge is 1.99. The van der Waals surface area contributed by atoms with Gasteiger partial charge in [0.05, 0.1) is 6.54 Å². The smallest absolute Gasteiger partial charge is 0.220 e. The molecule has 0 atom stereocenters. The number of carbonyl (C=O) groups is 1. The second kappa shape index (κ2) is 7.33. The van der Waals surface area contributed by atoms with Crippen LogP contribution in [0.1, 0.15) is 17.5 Å². The van der Waals surface area contributed by atoms with Crippen molar-refractivity contribution in [3.63, 3.8) is 0 Å². The van der Waals surface area contributed by atoms with Gasteiger partial charge in [0.2, 0.25) is 5.91 Å². The lowest BCUT2D eigenvalue weighted by atomic mass is 10.1. The van der Waals surface area contributed by atoms with Gasteiger partial charge in [-0.2, -0.15) is 0 Å². The molecule has 0 saturated heterocycles. The third-order valence-electron chi connectivity index (χ3n) is 2.21. The van der Waals surface area contributed by atoms with Crippen molar-refractivity contribution in [1.29, 1.82) is 0 Å². The fraction of sp³-hybridized carbons (Fsp3) is 0.462. The second-order valence-electron chi connectivity index (χ2n) is 3.96. The van der Waals surface area contributed by atoms with Crippen molar-refractivity contribution in [2.75, 3.05) is 18.5 Å². The number of ether oxygens (including phenoxy) is 1. The maximum Gasteiger partial charge on any atom is 0.220 e. The Morgan fingerprint density at radius 2 is 1.94 bits per heavy atom. The highest BCUT2D eigenvalue weighted by molar-refractivity contribution is 9.09. The van der Waals surface area contributed by atoms with Gasteiger partial charge < -0.3 is 10.1 Å². The quantitative estimate of drug-likeness (QED) is 0.648. The van der Waals surface area contributed by atoms with E-state index in [1.807, 2.05) is 26.0 Å². The summed E-state index contributed by atoms with van der Waals surface area (Å²) in [7, 11) is 0. The number of amides is 1. The minimum Gasteiger partial charge on any atom is -0.492 e. The Balaban J connectivity index is 2.28. The summed E-state index contributed by atoms with van der Waals surface area (Å²) in [6, 6.07) is 6.09. The minimum atomic E-state index is 0.0471. The molecule has 0 aliphatic carbocycles. The van der Waals surface area contributed by atoms with E-state index in [9.17, 15) is 4.79 Å². The maximum absolute atomic E-state index is 11.2. The number of aryl methyl sites for hydroxylation is 2. The molecule has 0 spiro atoms. The van der Waals surface area contributed by atoms with E-state index in [4.69, 9.17) is 4.74 Å². The first kappa shape index (κ1) is 14.0. The Hall–Kier alpha value is -1.03. The molecule has 0 heterocycles. The van der Waals surface area contributed by atoms with E-state index < -0.39 is 0 Å². The van der Waals surface area contributed by atoms with Crippen LogP contribution in [0, 0.1) is 13.8 Å². The Morgan fingerprint density at radius 3 is 2.53 bits per heavy atom. The van der Waals surface area contributed by atoms with Gasteiger partial charge in [0.25, 0.3) is 0 Å². The van der Waals surface area contributed by atoms with Crippen LogP contribution in [-0.2, 0) is 4.79 Å². The summed E-state index contributed by atoms with van der Waals surface area (Å²) in [6.45, 7) is 5.12. The number of benzene rings is 1. The van der Waals surface area contributed by atoms with Crippen molar-refractivity contribution in [2.45, 2.75) is 20.3 Å². The second-order valence-corrected chi connectivity index (χ2v) is 4.75. The van der Waals surface area contributed by atoms with Crippen molar-refractivity contribution in [2.24, 2.45) is 0 Å². The molecule has 0 unspecified atom stereocenters. The number of hydrogen-bond acceptors (Lipinski definition) is 2. The zero-order valence-corrected chi connectivity index (χ0v) is 11.8. The molecular formula is C13H18BrNO2. The summed E-state index contributed by atoms with van der Waals surface area (Å²) in [4.78, 5) is 11.2. The fourth-order valence-corrected chi connectivity index (χ4v) is 1.91. The van der Waals surface area contributed by atoms with Crippen LogP contribution >= 0.6 is 15.9 Å². The molecule has 3 nitrogen and oxygen atoms in total. The van der Waals surface area contributed by atoms with Crippen LogP contribution in [0.4, 0.5) is 0 Å². The first-order valence-corrected chi connectivity index (χ1v) is 6.77. The van der Waals surface area contributed by atoms with Gasteiger partial charge in [0.1, 0.15) is 12.4 Å². The fourth-order valence-electron chi connectivity index (χ4n) is 1.55. The highest BCUT2D eigenvalue weighted by Crippen LogP contribution is 2.15. The molecule has 1 N–H and O–H groups in total. The largest absolute Gasteiger partial charge is 0.492 e. The van der Waals surface area contributed by atoms with Gasteiger partial charge >= 0.3 is 0 Å². The summed E-state index contributed by atoms with van der Waals surface area (Å²) in [5.41, 5.74) is 2.37. The zero-order valence-electron chi connectivity index (χ0n) is 10.3. The number of alkyl halides is 1. The van der Waals surface area contributed by atoms with Crippen LogP contribution in [0.15, 0.2) is 18.2 Å². The molecule has 0 saturated carbocycles. The third-order valence-corrected chi connectivity index (χ3v) is 2.61. The molecule has 4 heteroatoms. The molecule has 1 aromatic carbocycles. The van der Waals surface area contributed by atoms with E-state index in [2.05, 4.69) is 27.3 Å². The van der Waals surface area contributed by atoms with Gasteiger partial charge in [0, 0.05) is 11.8 Å². The summed E-state index contributed by atoms with van der Waals surface area (Å²) in [5.74, 6) is 0.906. The first-order chi connectivity index (χ1) is 8.11. The van der Waals surface area contributed by atoms with Gasteiger partial charge in [0.15, 0.2) is 0 Å². The number of hydrogen-bond donors (Lipinski definition) is 1. The Morgan fingerprint density at radius 1 is 1.29 bits per heavy atom. The van der Waals surface area contributed by atoms with Gasteiger partial charge in [-0.1, -0.05) is 22.0 Å². The lowest BCUT2D eigenvalue weighted by molar-refractivity contribution is -0.120. The van der Waals surface area contributed by atoms with Crippen molar-refractivity contribution in [3.8, 4) is 5.75 Å². The zero-order chi connectivity index (χ0) is 12.7. The van der Waals surface area contributed by atoms with Gasteiger partial charge in [-0.25, -0.2) is 0 Å². The molecular weight excluding hydrogens is 282 g/mol. The van der Waals surface area contributed by atoms with Crippen molar-refractivity contribution in [3.05, 3.63) is 29.3 Å². The SMILES string of the molecule is Cc1cc(C)cc(OCCNC(=O)CCBr)c1. The van der Waals surface area contributed by atoms with Gasteiger partial charge in [-0.3, -0.25) is 4.79 Å². The van der Waals surface area contributed by atoms with Crippen LogP contribution in [0.25, 0.3) is 0 Å². The summed E-state index contributed by atoms with van der Waals surface area (Å²) in [6.07, 6.45) is 0.504. The summed E-state index contributed by atoms with van der Waals surface area (Å²) < 4.78 is 5.57. The Labute approximate surface area is 111 Å². The number of rotatable bonds is 6. The Bertz CT molecular complexity index is 359. The predicted molar refractivity (Wildman–Crippen MR) is 72.8 cm³/mol. The van der Waals surface area contributed by atoms with E-state index in [0.29, 0.717) is 24.9 Å². The molecule has 0 aliphatic rings. The van der Waals surface area contributed by atoms with Crippen molar-refractivity contribution in [1.82, 2.24) is 5.32 Å². The normalized spacial score (nSPS) is 10.1. The van der Waals surface area contributed by atoms with Gasteiger partial charge in [-0.05, 0) is 37.1 Å². The first-order valence-electron chi connectivity index (χ1n) is 5.65. The van der Waals surface area contributed by atoms with Crippen LogP contribution in [-0.4, -0.2) is 24.4 Å². The lowest BCUT2D eigenvalue weighted by Crippen LogP contribution is -2.28. The molecule has 0 radical (unpaired) electrons. The molecule has 1 rings (SSSR count). The summed E-state index contributed by atoms with van der Waals surface area (Å²) >= 11 is 3.22. The standard InChI is InChI=1S/C13H18BrNO2/c1-10-7-11(2)9-12(8-10)17-6-5-15-13(16)3-4-14/h7-9H,3-6H2,1-2H3,(H,15,16). The molecule has 94 valence electrons. The molecule has 0 aliphatic heterocycles. The van der Waals surface area contributed by atoms with Crippen LogP contribution < -0.4 is 10.1 Å². The van der Waals surface area contributed by atoms with Crippen molar-refractivity contribution < 1.29 is 9.53 Å². The average molecular weight is 300 g/mol. The van der Waals surface area contributed by atoms with E-state index >= 15 is 0 Å². The topological polar surface area (TPSA) is 38.3 Å². The number of nitrogens with one attached hydrogen (secondary N) is 1. The van der Waals surface area contributed by atoms with Crippen molar-refractivity contribution >= 4 is 21.8 Å². The van der Waals surface area contributed by atoms with E-state index in [-0.39, 0.29) is 5.91 Å².